The lowest BCUT2D eigenvalue weighted by Gasteiger charge is -2.34. The van der Waals surface area contributed by atoms with E-state index < -0.39 is 12.0 Å². The van der Waals surface area contributed by atoms with E-state index in [4.69, 9.17) is 0 Å². The number of carbonyl (C=O) groups excluding carboxylic acids is 1. The molecule has 1 N–H and O–H groups in total. The van der Waals surface area contributed by atoms with Crippen molar-refractivity contribution in [3.8, 4) is 0 Å². The summed E-state index contributed by atoms with van der Waals surface area (Å²) >= 11 is 1.58. The second-order valence-electron chi connectivity index (χ2n) is 5.53. The number of urea groups is 1. The van der Waals surface area contributed by atoms with Gasteiger partial charge in [-0.2, -0.15) is 0 Å². The average Bonchev–Trinajstić information content (AvgIpc) is 3.06. The molecule has 1 saturated heterocycles. The molecule has 2 fully saturated rings. The molecular weight excluding hydrogens is 264 g/mol. The fourth-order valence-corrected chi connectivity index (χ4v) is 4.02. The summed E-state index contributed by atoms with van der Waals surface area (Å²) in [5, 5.41) is 9.29. The number of thioether (sulfide) groups is 1. The van der Waals surface area contributed by atoms with Crippen molar-refractivity contribution in [2.75, 3.05) is 12.3 Å². The first-order valence-electron chi connectivity index (χ1n) is 6.90. The lowest BCUT2D eigenvalue weighted by molar-refractivity contribution is -0.141. The summed E-state index contributed by atoms with van der Waals surface area (Å²) in [5.74, 6) is -0.140. The Bertz CT molecular complexity index is 371. The monoisotopic (exact) mass is 286 g/mol. The molecule has 0 bridgehead atoms. The predicted molar refractivity (Wildman–Crippen MR) is 75.1 cm³/mol. The molecule has 2 aliphatic rings. The topological polar surface area (TPSA) is 60.9 Å². The molecule has 0 aromatic carbocycles. The van der Waals surface area contributed by atoms with Gasteiger partial charge in [0.1, 0.15) is 6.04 Å². The first-order chi connectivity index (χ1) is 8.97. The van der Waals surface area contributed by atoms with Crippen LogP contribution >= 0.6 is 11.8 Å². The Hall–Kier alpha value is -0.910. The molecule has 108 valence electrons. The highest BCUT2D eigenvalue weighted by Crippen LogP contribution is 2.37. The second kappa shape index (κ2) is 5.61. The van der Waals surface area contributed by atoms with E-state index >= 15 is 0 Å². The molecule has 1 saturated carbocycles. The van der Waals surface area contributed by atoms with Gasteiger partial charge in [-0.3, -0.25) is 4.90 Å². The highest BCUT2D eigenvalue weighted by atomic mass is 32.2. The summed E-state index contributed by atoms with van der Waals surface area (Å²) in [7, 11) is 0. The second-order valence-corrected chi connectivity index (χ2v) is 6.68. The van der Waals surface area contributed by atoms with Gasteiger partial charge in [-0.25, -0.2) is 9.59 Å². The number of carbonyl (C=O) groups is 2. The molecule has 19 heavy (non-hydrogen) atoms. The number of carboxylic acids is 1. The zero-order chi connectivity index (χ0) is 14.2. The van der Waals surface area contributed by atoms with Crippen molar-refractivity contribution < 1.29 is 14.7 Å². The summed E-state index contributed by atoms with van der Waals surface area (Å²) in [6, 6.07) is -0.454. The van der Waals surface area contributed by atoms with Crippen LogP contribution < -0.4 is 0 Å². The molecule has 2 amide bonds. The van der Waals surface area contributed by atoms with E-state index in [0.717, 1.165) is 12.8 Å². The van der Waals surface area contributed by atoms with E-state index in [0.29, 0.717) is 18.3 Å². The van der Waals surface area contributed by atoms with Gasteiger partial charge in [0.2, 0.25) is 0 Å². The van der Waals surface area contributed by atoms with E-state index in [2.05, 4.69) is 0 Å². The zero-order valence-corrected chi connectivity index (χ0v) is 12.5. The van der Waals surface area contributed by atoms with Gasteiger partial charge in [0.05, 0.1) is 5.37 Å². The molecule has 1 aliphatic heterocycles. The SMILES string of the molecule is CCN(C(=O)N1C(C(=O)O)CSC1C(C)C)C1CC1. The Morgan fingerprint density at radius 2 is 2.05 bits per heavy atom. The van der Waals surface area contributed by atoms with E-state index in [-0.39, 0.29) is 17.3 Å². The molecule has 0 aromatic rings. The van der Waals surface area contributed by atoms with Gasteiger partial charge >= 0.3 is 12.0 Å². The lowest BCUT2D eigenvalue weighted by atomic mass is 10.1. The number of nitrogens with zero attached hydrogens (tertiary/aromatic N) is 2. The van der Waals surface area contributed by atoms with Crippen molar-refractivity contribution in [2.45, 2.75) is 51.1 Å². The van der Waals surface area contributed by atoms with Crippen LogP contribution in [0.1, 0.15) is 33.6 Å². The Morgan fingerprint density at radius 1 is 1.42 bits per heavy atom. The fourth-order valence-electron chi connectivity index (χ4n) is 2.56. The van der Waals surface area contributed by atoms with Crippen LogP contribution in [0, 0.1) is 5.92 Å². The Morgan fingerprint density at radius 3 is 2.47 bits per heavy atom. The van der Waals surface area contributed by atoms with E-state index in [1.54, 1.807) is 16.7 Å². The Labute approximate surface area is 118 Å². The van der Waals surface area contributed by atoms with Crippen molar-refractivity contribution in [2.24, 2.45) is 5.92 Å². The van der Waals surface area contributed by atoms with Crippen LogP contribution in [0.5, 0.6) is 0 Å². The van der Waals surface area contributed by atoms with Crippen LogP contribution in [0.4, 0.5) is 4.79 Å². The van der Waals surface area contributed by atoms with Crippen LogP contribution in [0.2, 0.25) is 0 Å². The predicted octanol–water partition coefficient (Wildman–Crippen LogP) is 2.07. The Kier molecular flexibility index (Phi) is 4.28. The van der Waals surface area contributed by atoms with Gasteiger partial charge in [-0.1, -0.05) is 13.8 Å². The third-order valence-electron chi connectivity index (χ3n) is 3.69. The third-order valence-corrected chi connectivity index (χ3v) is 5.31. The van der Waals surface area contributed by atoms with Crippen molar-refractivity contribution in [3.05, 3.63) is 0 Å². The Balaban J connectivity index is 2.19. The third kappa shape index (κ3) is 2.83. The summed E-state index contributed by atoms with van der Waals surface area (Å²) in [6.45, 7) is 6.69. The van der Waals surface area contributed by atoms with Gasteiger partial charge in [0.15, 0.2) is 0 Å². The maximum Gasteiger partial charge on any atom is 0.327 e. The molecule has 0 radical (unpaired) electrons. The van der Waals surface area contributed by atoms with Crippen LogP contribution in [0.15, 0.2) is 0 Å². The van der Waals surface area contributed by atoms with Crippen LogP contribution in [0.25, 0.3) is 0 Å². The van der Waals surface area contributed by atoms with E-state index in [1.807, 2.05) is 25.7 Å². The van der Waals surface area contributed by atoms with Gasteiger partial charge < -0.3 is 10.0 Å². The lowest BCUT2D eigenvalue weighted by Crippen LogP contribution is -2.53. The van der Waals surface area contributed by atoms with Gasteiger partial charge in [0, 0.05) is 18.3 Å². The first-order valence-corrected chi connectivity index (χ1v) is 7.95. The number of hydrogen-bond donors (Lipinski definition) is 1. The largest absolute Gasteiger partial charge is 0.480 e. The molecule has 6 heteroatoms. The molecule has 2 rings (SSSR count). The average molecular weight is 286 g/mol. The minimum absolute atomic E-state index is 0.0265. The van der Waals surface area contributed by atoms with Crippen LogP contribution in [-0.2, 0) is 4.79 Å². The number of amides is 2. The van der Waals surface area contributed by atoms with Crippen LogP contribution in [0.3, 0.4) is 0 Å². The van der Waals surface area contributed by atoms with Crippen LogP contribution in [-0.4, -0.2) is 56.7 Å². The smallest absolute Gasteiger partial charge is 0.327 e. The van der Waals surface area contributed by atoms with E-state index in [1.165, 1.54) is 0 Å². The quantitative estimate of drug-likeness (QED) is 0.859. The zero-order valence-electron chi connectivity index (χ0n) is 11.7. The number of carboxylic acid groups (broad SMARTS) is 1. The van der Waals surface area contributed by atoms with Crippen molar-refractivity contribution >= 4 is 23.8 Å². The molecule has 1 aliphatic carbocycles. The summed E-state index contributed by atoms with van der Waals surface area (Å²) < 4.78 is 0. The minimum Gasteiger partial charge on any atom is -0.480 e. The molecule has 2 atom stereocenters. The summed E-state index contributed by atoms with van der Waals surface area (Å²) in [6.07, 6.45) is 2.09. The van der Waals surface area contributed by atoms with Gasteiger partial charge in [-0.05, 0) is 25.7 Å². The van der Waals surface area contributed by atoms with Gasteiger partial charge in [0.25, 0.3) is 0 Å². The number of aliphatic carboxylic acids is 1. The van der Waals surface area contributed by atoms with Crippen molar-refractivity contribution in [1.29, 1.82) is 0 Å². The van der Waals surface area contributed by atoms with Crippen molar-refractivity contribution in [3.63, 3.8) is 0 Å². The highest BCUT2D eigenvalue weighted by Gasteiger charge is 2.46. The molecule has 1 heterocycles. The molecule has 5 nitrogen and oxygen atoms in total. The fraction of sp³-hybridized carbons (Fsp3) is 0.846. The summed E-state index contributed by atoms with van der Waals surface area (Å²) in [4.78, 5) is 27.4. The molecule has 0 aromatic heterocycles. The molecule has 2 unspecified atom stereocenters. The molecule has 0 spiro atoms. The maximum absolute atomic E-state index is 12.7. The minimum atomic E-state index is -0.893. The molecular formula is C13H22N2O3S. The standard InChI is InChI=1S/C13H22N2O3S/c1-4-14(9-5-6-9)13(18)15-10(12(16)17)7-19-11(15)8(2)3/h8-11H,4-7H2,1-3H3,(H,16,17). The summed E-state index contributed by atoms with van der Waals surface area (Å²) in [5.41, 5.74) is 0. The van der Waals surface area contributed by atoms with Gasteiger partial charge in [-0.15, -0.1) is 11.8 Å². The number of rotatable bonds is 4. The highest BCUT2D eigenvalue weighted by molar-refractivity contribution is 8.00. The normalized spacial score (nSPS) is 26.8. The number of hydrogen-bond acceptors (Lipinski definition) is 3. The van der Waals surface area contributed by atoms with E-state index in [9.17, 15) is 14.7 Å². The first kappa shape index (κ1) is 14.5. The maximum atomic E-state index is 12.7. The van der Waals surface area contributed by atoms with Crippen molar-refractivity contribution in [1.82, 2.24) is 9.80 Å².